The SMILES string of the molecule is NC(=O)N(O)CC1CC1c1cnc(Oc2ccc(Cl)cc2)s1. The maximum absolute atomic E-state index is 10.8. The summed E-state index contributed by atoms with van der Waals surface area (Å²) in [6.07, 6.45) is 2.67. The zero-order valence-electron chi connectivity index (χ0n) is 11.5. The van der Waals surface area contributed by atoms with Crippen molar-refractivity contribution in [3.8, 4) is 10.9 Å². The zero-order valence-corrected chi connectivity index (χ0v) is 13.0. The van der Waals surface area contributed by atoms with Gasteiger partial charge in [-0.3, -0.25) is 5.21 Å². The van der Waals surface area contributed by atoms with Crippen LogP contribution in [0, 0.1) is 5.92 Å². The highest BCUT2D eigenvalue weighted by Gasteiger charge is 2.41. The van der Waals surface area contributed by atoms with Gasteiger partial charge >= 0.3 is 6.03 Å². The molecular weight excluding hydrogens is 326 g/mol. The molecule has 1 fully saturated rings. The van der Waals surface area contributed by atoms with Gasteiger partial charge in [-0.1, -0.05) is 22.9 Å². The summed E-state index contributed by atoms with van der Waals surface area (Å²) in [5.41, 5.74) is 4.99. The van der Waals surface area contributed by atoms with Crippen molar-refractivity contribution in [1.29, 1.82) is 0 Å². The van der Waals surface area contributed by atoms with E-state index in [1.54, 1.807) is 30.5 Å². The van der Waals surface area contributed by atoms with Crippen LogP contribution >= 0.6 is 22.9 Å². The first-order valence-corrected chi connectivity index (χ1v) is 7.87. The van der Waals surface area contributed by atoms with Crippen LogP contribution in [0.4, 0.5) is 4.79 Å². The molecule has 1 aromatic carbocycles. The summed E-state index contributed by atoms with van der Waals surface area (Å²) in [4.78, 5) is 16.1. The molecule has 0 bridgehead atoms. The van der Waals surface area contributed by atoms with Crippen LogP contribution in [0.15, 0.2) is 30.5 Å². The fourth-order valence-electron chi connectivity index (χ4n) is 2.20. The Bertz CT molecular complexity index is 676. The number of hydrogen-bond acceptors (Lipinski definition) is 5. The molecule has 0 radical (unpaired) electrons. The minimum atomic E-state index is -0.832. The third kappa shape index (κ3) is 3.49. The summed E-state index contributed by atoms with van der Waals surface area (Å²) in [5, 5.41) is 11.1. The van der Waals surface area contributed by atoms with Crippen molar-refractivity contribution < 1.29 is 14.7 Å². The summed E-state index contributed by atoms with van der Waals surface area (Å²) in [6, 6.07) is 6.23. The molecule has 1 saturated carbocycles. The van der Waals surface area contributed by atoms with Crippen LogP contribution in [-0.4, -0.2) is 27.8 Å². The van der Waals surface area contributed by atoms with E-state index in [0.29, 0.717) is 21.0 Å². The molecule has 0 saturated heterocycles. The lowest BCUT2D eigenvalue weighted by atomic mass is 10.3. The van der Waals surface area contributed by atoms with E-state index in [-0.39, 0.29) is 18.4 Å². The molecule has 2 aromatic rings. The Labute approximate surface area is 136 Å². The van der Waals surface area contributed by atoms with Crippen molar-refractivity contribution in [2.45, 2.75) is 12.3 Å². The molecule has 1 aromatic heterocycles. The standard InChI is InChI=1S/C14H14ClN3O3S/c15-9-1-3-10(4-2-9)21-14-17-6-12(22-14)11-5-8(11)7-18(20)13(16)19/h1-4,6,8,11,20H,5,7H2,(H2,16,19). The van der Waals surface area contributed by atoms with E-state index in [1.165, 1.54) is 11.3 Å². The van der Waals surface area contributed by atoms with Gasteiger partial charge in [0.2, 0.25) is 0 Å². The molecule has 1 aliphatic rings. The highest BCUT2D eigenvalue weighted by Crippen LogP contribution is 2.50. The third-order valence-corrected chi connectivity index (χ3v) is 4.73. The van der Waals surface area contributed by atoms with Crippen molar-refractivity contribution in [3.63, 3.8) is 0 Å². The van der Waals surface area contributed by atoms with Gasteiger partial charge in [-0.05, 0) is 42.5 Å². The topological polar surface area (TPSA) is 88.7 Å². The molecule has 2 amide bonds. The average molecular weight is 340 g/mol. The second-order valence-corrected chi connectivity index (χ2v) is 6.57. The van der Waals surface area contributed by atoms with Crippen molar-refractivity contribution >= 4 is 29.0 Å². The van der Waals surface area contributed by atoms with Crippen LogP contribution in [0.25, 0.3) is 0 Å². The minimum Gasteiger partial charge on any atom is -0.431 e. The van der Waals surface area contributed by atoms with Crippen molar-refractivity contribution in [2.24, 2.45) is 11.7 Å². The van der Waals surface area contributed by atoms with Gasteiger partial charge in [0.15, 0.2) is 0 Å². The number of carbonyl (C=O) groups excluding carboxylic acids is 1. The number of benzene rings is 1. The van der Waals surface area contributed by atoms with E-state index in [2.05, 4.69) is 4.98 Å². The first kappa shape index (κ1) is 15.1. The summed E-state index contributed by atoms with van der Waals surface area (Å²) >= 11 is 7.28. The van der Waals surface area contributed by atoms with Crippen LogP contribution < -0.4 is 10.5 Å². The van der Waals surface area contributed by atoms with E-state index in [0.717, 1.165) is 11.3 Å². The maximum atomic E-state index is 10.8. The van der Waals surface area contributed by atoms with Crippen LogP contribution in [0.2, 0.25) is 5.02 Å². The molecular formula is C14H14ClN3O3S. The second kappa shape index (κ2) is 6.12. The normalized spacial score (nSPS) is 19.7. The number of rotatable bonds is 5. The lowest BCUT2D eigenvalue weighted by Gasteiger charge is -2.10. The van der Waals surface area contributed by atoms with Crippen LogP contribution in [0.1, 0.15) is 17.2 Å². The number of primary amides is 1. The molecule has 3 rings (SSSR count). The van der Waals surface area contributed by atoms with Gasteiger partial charge in [-0.2, -0.15) is 0 Å². The number of amides is 2. The van der Waals surface area contributed by atoms with E-state index in [9.17, 15) is 10.0 Å². The number of halogens is 1. The Morgan fingerprint density at radius 2 is 2.23 bits per heavy atom. The number of thiazole rings is 1. The van der Waals surface area contributed by atoms with Gasteiger partial charge in [-0.25, -0.2) is 14.8 Å². The van der Waals surface area contributed by atoms with Gasteiger partial charge < -0.3 is 10.5 Å². The number of hydrogen-bond donors (Lipinski definition) is 2. The third-order valence-electron chi connectivity index (χ3n) is 3.47. The number of nitrogens with zero attached hydrogens (tertiary/aromatic N) is 2. The Hall–Kier alpha value is -1.83. The molecule has 116 valence electrons. The zero-order chi connectivity index (χ0) is 15.7. The van der Waals surface area contributed by atoms with Crippen molar-refractivity contribution in [1.82, 2.24) is 10.0 Å². The van der Waals surface area contributed by atoms with E-state index >= 15 is 0 Å². The minimum absolute atomic E-state index is 0.210. The largest absolute Gasteiger partial charge is 0.431 e. The molecule has 1 heterocycles. The highest BCUT2D eigenvalue weighted by atomic mass is 35.5. The molecule has 0 aliphatic heterocycles. The smallest absolute Gasteiger partial charge is 0.338 e. The van der Waals surface area contributed by atoms with E-state index in [4.69, 9.17) is 22.1 Å². The lowest BCUT2D eigenvalue weighted by Crippen LogP contribution is -2.34. The number of urea groups is 1. The molecule has 0 spiro atoms. The van der Waals surface area contributed by atoms with Gasteiger partial charge in [-0.15, -0.1) is 0 Å². The Morgan fingerprint density at radius 3 is 2.91 bits per heavy atom. The number of ether oxygens (including phenoxy) is 1. The van der Waals surface area contributed by atoms with Crippen LogP contribution in [0.5, 0.6) is 10.9 Å². The fraction of sp³-hybridized carbons (Fsp3) is 0.286. The predicted octanol–water partition coefficient (Wildman–Crippen LogP) is 3.46. The van der Waals surface area contributed by atoms with Gasteiger partial charge in [0.25, 0.3) is 5.19 Å². The summed E-state index contributed by atoms with van der Waals surface area (Å²) in [7, 11) is 0. The van der Waals surface area contributed by atoms with Gasteiger partial charge in [0.05, 0.1) is 6.54 Å². The molecule has 2 unspecified atom stereocenters. The molecule has 3 N–H and O–H groups in total. The molecule has 22 heavy (non-hydrogen) atoms. The van der Waals surface area contributed by atoms with Gasteiger partial charge in [0.1, 0.15) is 5.75 Å². The Kier molecular flexibility index (Phi) is 4.19. The van der Waals surface area contributed by atoms with Crippen molar-refractivity contribution in [2.75, 3.05) is 6.54 Å². The number of nitrogens with two attached hydrogens (primary N) is 1. The Morgan fingerprint density at radius 1 is 1.50 bits per heavy atom. The Balaban J connectivity index is 1.58. The van der Waals surface area contributed by atoms with E-state index < -0.39 is 6.03 Å². The monoisotopic (exact) mass is 339 g/mol. The molecule has 1 aliphatic carbocycles. The first-order chi connectivity index (χ1) is 10.5. The molecule has 8 heteroatoms. The first-order valence-electron chi connectivity index (χ1n) is 6.68. The lowest BCUT2D eigenvalue weighted by molar-refractivity contribution is -0.0431. The van der Waals surface area contributed by atoms with E-state index in [1.807, 2.05) is 0 Å². The van der Waals surface area contributed by atoms with Crippen LogP contribution in [-0.2, 0) is 0 Å². The second-order valence-electron chi connectivity index (χ2n) is 5.11. The van der Waals surface area contributed by atoms with Crippen molar-refractivity contribution in [3.05, 3.63) is 40.4 Å². The molecule has 6 nitrogen and oxygen atoms in total. The molecule has 2 atom stereocenters. The van der Waals surface area contributed by atoms with Crippen LogP contribution in [0.3, 0.4) is 0 Å². The summed E-state index contributed by atoms with van der Waals surface area (Å²) < 4.78 is 5.66. The number of hydroxylamine groups is 2. The summed E-state index contributed by atoms with van der Waals surface area (Å²) in [5.74, 6) is 1.17. The number of aromatic nitrogens is 1. The predicted molar refractivity (Wildman–Crippen MR) is 82.6 cm³/mol. The fourth-order valence-corrected chi connectivity index (χ4v) is 3.32. The highest BCUT2D eigenvalue weighted by molar-refractivity contribution is 7.13. The van der Waals surface area contributed by atoms with Gasteiger partial charge in [0, 0.05) is 16.1 Å². The quantitative estimate of drug-likeness (QED) is 0.645. The summed E-state index contributed by atoms with van der Waals surface area (Å²) in [6.45, 7) is 0.241. The number of carbonyl (C=O) groups is 1. The average Bonchev–Trinajstić information content (AvgIpc) is 3.09. The maximum Gasteiger partial charge on any atom is 0.338 e.